The predicted molar refractivity (Wildman–Crippen MR) is 66.0 cm³/mol. The fraction of sp³-hybridized carbons (Fsp3) is 0.231. The first kappa shape index (κ1) is 11.0. The zero-order chi connectivity index (χ0) is 10.7. The molecule has 0 bridgehead atoms. The monoisotopic (exact) mass is 199 g/mol. The Kier molecular flexibility index (Phi) is 3.47. The van der Waals surface area contributed by atoms with Crippen molar-refractivity contribution < 1.29 is 0 Å². The summed E-state index contributed by atoms with van der Waals surface area (Å²) in [6.07, 6.45) is 4.08. The van der Waals surface area contributed by atoms with Gasteiger partial charge in [-0.15, -0.1) is 0 Å². The van der Waals surface area contributed by atoms with Crippen molar-refractivity contribution in [1.29, 1.82) is 0 Å². The van der Waals surface area contributed by atoms with E-state index in [1.54, 1.807) is 0 Å². The van der Waals surface area contributed by atoms with Gasteiger partial charge in [-0.1, -0.05) is 41.6 Å². The summed E-state index contributed by atoms with van der Waals surface area (Å²) in [6, 6.07) is 4.14. The van der Waals surface area contributed by atoms with Crippen LogP contribution in [0.1, 0.15) is 30.5 Å². The van der Waals surface area contributed by atoms with E-state index in [1.165, 1.54) is 22.3 Å². The second-order valence-corrected chi connectivity index (χ2v) is 4.21. The highest BCUT2D eigenvalue weighted by atomic mass is 28.1. The Labute approximate surface area is 89.8 Å². The summed E-state index contributed by atoms with van der Waals surface area (Å²) < 4.78 is 0. The molecule has 0 aliphatic heterocycles. The van der Waals surface area contributed by atoms with Crippen molar-refractivity contribution in [3.05, 3.63) is 41.0 Å². The predicted octanol–water partition coefficient (Wildman–Crippen LogP) is 2.86. The van der Waals surface area contributed by atoms with E-state index in [0.29, 0.717) is 0 Å². The molecule has 1 rings (SSSR count). The first-order valence-electron chi connectivity index (χ1n) is 4.68. The average Bonchev–Trinajstić information content (AvgIpc) is 2.12. The summed E-state index contributed by atoms with van der Waals surface area (Å²) in [6.45, 7) is 10.1. The highest BCUT2D eigenvalue weighted by Crippen LogP contribution is 2.15. The lowest BCUT2D eigenvalue weighted by molar-refractivity contribution is 1.39. The van der Waals surface area contributed by atoms with Crippen LogP contribution < -0.4 is 5.19 Å². The van der Waals surface area contributed by atoms with Crippen LogP contribution in [0.3, 0.4) is 0 Å². The van der Waals surface area contributed by atoms with Crippen molar-refractivity contribution in [1.82, 2.24) is 0 Å². The van der Waals surface area contributed by atoms with E-state index in [2.05, 4.69) is 55.8 Å². The quantitative estimate of drug-likeness (QED) is 0.643. The van der Waals surface area contributed by atoms with Crippen LogP contribution in [0, 0.1) is 6.92 Å². The molecule has 71 valence electrons. The van der Waals surface area contributed by atoms with E-state index in [9.17, 15) is 0 Å². The first-order chi connectivity index (χ1) is 6.56. The zero-order valence-electron chi connectivity index (χ0n) is 9.02. The molecule has 0 aliphatic rings. The third-order valence-corrected chi connectivity index (χ3v) is 2.65. The summed E-state index contributed by atoms with van der Waals surface area (Å²) in [5.41, 5.74) is 5.01. The van der Waals surface area contributed by atoms with E-state index in [1.807, 2.05) is 6.08 Å². The van der Waals surface area contributed by atoms with Crippen LogP contribution in [0.5, 0.6) is 0 Å². The highest BCUT2D eigenvalue weighted by Gasteiger charge is 2.02. The van der Waals surface area contributed by atoms with E-state index in [0.717, 1.165) is 5.19 Å². The Hall–Kier alpha value is -1.08. The molecular weight excluding hydrogens is 184 g/mol. The SMILES string of the molecule is C=Cc1ccc([Si])c(C=C(C)C)c1C. The van der Waals surface area contributed by atoms with Crippen LogP contribution in [-0.4, -0.2) is 10.2 Å². The third-order valence-electron chi connectivity index (χ3n) is 2.21. The molecule has 1 aromatic rings. The van der Waals surface area contributed by atoms with Crippen molar-refractivity contribution >= 4 is 27.6 Å². The van der Waals surface area contributed by atoms with Gasteiger partial charge in [0.1, 0.15) is 0 Å². The van der Waals surface area contributed by atoms with Gasteiger partial charge in [-0.3, -0.25) is 0 Å². The summed E-state index contributed by atoms with van der Waals surface area (Å²) in [7, 11) is 3.61. The lowest BCUT2D eigenvalue weighted by atomic mass is 10.0. The number of rotatable bonds is 2. The van der Waals surface area contributed by atoms with Crippen molar-refractivity contribution in [3.8, 4) is 0 Å². The topological polar surface area (TPSA) is 0 Å². The number of allylic oxidation sites excluding steroid dienone is 1. The Morgan fingerprint density at radius 2 is 2.00 bits per heavy atom. The van der Waals surface area contributed by atoms with Gasteiger partial charge in [0.15, 0.2) is 0 Å². The van der Waals surface area contributed by atoms with Crippen LogP contribution in [0.25, 0.3) is 12.2 Å². The molecule has 14 heavy (non-hydrogen) atoms. The van der Waals surface area contributed by atoms with Crippen LogP contribution in [0.4, 0.5) is 0 Å². The zero-order valence-corrected chi connectivity index (χ0v) is 10.0. The van der Waals surface area contributed by atoms with Gasteiger partial charge in [0.25, 0.3) is 0 Å². The molecule has 0 aromatic heterocycles. The molecular formula is C13H15Si. The molecule has 1 heteroatoms. The van der Waals surface area contributed by atoms with Gasteiger partial charge in [-0.05, 0) is 37.5 Å². The molecule has 0 unspecified atom stereocenters. The van der Waals surface area contributed by atoms with Gasteiger partial charge in [-0.25, -0.2) is 0 Å². The fourth-order valence-electron chi connectivity index (χ4n) is 1.44. The highest BCUT2D eigenvalue weighted by molar-refractivity contribution is 6.34. The van der Waals surface area contributed by atoms with Crippen molar-refractivity contribution in [2.75, 3.05) is 0 Å². The van der Waals surface area contributed by atoms with Crippen LogP contribution in [0.2, 0.25) is 0 Å². The molecule has 0 fully saturated rings. The van der Waals surface area contributed by atoms with Crippen molar-refractivity contribution in [2.24, 2.45) is 0 Å². The molecule has 0 atom stereocenters. The van der Waals surface area contributed by atoms with E-state index >= 15 is 0 Å². The molecule has 0 aliphatic carbocycles. The molecule has 0 nitrogen and oxygen atoms in total. The van der Waals surface area contributed by atoms with Gasteiger partial charge in [-0.2, -0.15) is 0 Å². The van der Waals surface area contributed by atoms with E-state index < -0.39 is 0 Å². The molecule has 0 spiro atoms. The second kappa shape index (κ2) is 4.42. The molecule has 0 amide bonds. The standard InChI is InChI=1S/C13H15Si/c1-5-11-6-7-13(14)12(10(11)4)8-9(2)3/h5-8H,1H2,2-4H3. The van der Waals surface area contributed by atoms with Gasteiger partial charge in [0.2, 0.25) is 0 Å². The lowest BCUT2D eigenvalue weighted by Gasteiger charge is -2.09. The van der Waals surface area contributed by atoms with Crippen molar-refractivity contribution in [3.63, 3.8) is 0 Å². The normalized spacial score (nSPS) is 9.71. The van der Waals surface area contributed by atoms with Gasteiger partial charge < -0.3 is 0 Å². The second-order valence-electron chi connectivity index (χ2n) is 3.67. The van der Waals surface area contributed by atoms with Gasteiger partial charge in [0, 0.05) is 0 Å². The summed E-state index contributed by atoms with van der Waals surface area (Å²) in [4.78, 5) is 0. The fourth-order valence-corrected chi connectivity index (χ4v) is 1.78. The molecule has 1 aromatic carbocycles. The molecule has 0 saturated carbocycles. The minimum Gasteiger partial charge on any atom is -0.0985 e. The Balaban J connectivity index is 3.40. The average molecular weight is 199 g/mol. The van der Waals surface area contributed by atoms with E-state index in [4.69, 9.17) is 0 Å². The maximum absolute atomic E-state index is 3.81. The minimum atomic E-state index is 1.13. The molecule has 3 radical (unpaired) electrons. The summed E-state index contributed by atoms with van der Waals surface area (Å²) in [5.74, 6) is 0. The number of hydrogen-bond donors (Lipinski definition) is 0. The molecule has 0 saturated heterocycles. The minimum absolute atomic E-state index is 1.13. The first-order valence-corrected chi connectivity index (χ1v) is 5.18. The smallest absolute Gasteiger partial charge is 0.0720 e. The Bertz CT molecular complexity index is 382. The number of hydrogen-bond acceptors (Lipinski definition) is 0. The van der Waals surface area contributed by atoms with Crippen LogP contribution >= 0.6 is 0 Å². The molecule has 0 heterocycles. The summed E-state index contributed by atoms with van der Waals surface area (Å²) in [5, 5.41) is 1.13. The Morgan fingerprint density at radius 3 is 2.50 bits per heavy atom. The van der Waals surface area contributed by atoms with Gasteiger partial charge in [0.05, 0.1) is 10.2 Å². The van der Waals surface area contributed by atoms with E-state index in [-0.39, 0.29) is 0 Å². The maximum Gasteiger partial charge on any atom is 0.0720 e. The Morgan fingerprint density at radius 1 is 1.36 bits per heavy atom. The number of benzene rings is 1. The van der Waals surface area contributed by atoms with Gasteiger partial charge >= 0.3 is 0 Å². The van der Waals surface area contributed by atoms with Crippen LogP contribution in [0.15, 0.2) is 24.3 Å². The largest absolute Gasteiger partial charge is 0.0985 e. The summed E-state index contributed by atoms with van der Waals surface area (Å²) >= 11 is 0. The maximum atomic E-state index is 3.81. The van der Waals surface area contributed by atoms with Crippen LogP contribution in [-0.2, 0) is 0 Å². The third kappa shape index (κ3) is 2.24. The van der Waals surface area contributed by atoms with Crippen molar-refractivity contribution in [2.45, 2.75) is 20.8 Å². The lowest BCUT2D eigenvalue weighted by Crippen LogP contribution is -2.09. The molecule has 0 N–H and O–H groups in total.